The van der Waals surface area contributed by atoms with Gasteiger partial charge in [-0.1, -0.05) is 30.3 Å². The molecule has 0 saturated carbocycles. The predicted octanol–water partition coefficient (Wildman–Crippen LogP) is 1.91. The summed E-state index contributed by atoms with van der Waals surface area (Å²) in [5.74, 6) is 1.20. The van der Waals surface area contributed by atoms with E-state index in [1.54, 1.807) is 10.9 Å². The van der Waals surface area contributed by atoms with E-state index in [4.69, 9.17) is 0 Å². The summed E-state index contributed by atoms with van der Waals surface area (Å²) in [7, 11) is 0. The lowest BCUT2D eigenvalue weighted by Crippen LogP contribution is -2.30. The second kappa shape index (κ2) is 7.08. The molecule has 3 aromatic rings. The Hall–Kier alpha value is -2.96. The Morgan fingerprint density at radius 1 is 1.29 bits per heavy atom. The lowest BCUT2D eigenvalue weighted by Gasteiger charge is -2.16. The lowest BCUT2D eigenvalue weighted by molar-refractivity contribution is -0.121. The van der Waals surface area contributed by atoms with Gasteiger partial charge in [-0.05, 0) is 25.0 Å². The van der Waals surface area contributed by atoms with Gasteiger partial charge in [0.15, 0.2) is 5.82 Å². The fourth-order valence-electron chi connectivity index (χ4n) is 2.47. The minimum absolute atomic E-state index is 0.0699. The maximum absolute atomic E-state index is 12.4. The molecule has 0 aliphatic carbocycles. The number of nitrogens with zero attached hydrogens (tertiary/aromatic N) is 4. The molecule has 7 heteroatoms. The van der Waals surface area contributed by atoms with Crippen molar-refractivity contribution in [1.82, 2.24) is 30.3 Å². The Morgan fingerprint density at radius 3 is 2.71 bits per heavy atom. The highest BCUT2D eigenvalue weighted by molar-refractivity contribution is 5.76. The maximum atomic E-state index is 12.4. The Kier molecular flexibility index (Phi) is 4.69. The molecule has 0 saturated heterocycles. The molecule has 0 aliphatic rings. The van der Waals surface area contributed by atoms with Crippen molar-refractivity contribution >= 4 is 5.91 Å². The standard InChI is InChI=1S/C17H20N6O/c1-12-10-18-23(11-12)9-8-15(24)20-16(14-6-4-3-5-7-14)17-19-13(2)21-22-17/h3-7,10-11,16H,8-9H2,1-2H3,(H,20,24)(H,19,21,22)/t16-/m0/s1. The largest absolute Gasteiger partial charge is 0.342 e. The van der Waals surface area contributed by atoms with E-state index in [9.17, 15) is 4.79 Å². The first-order valence-electron chi connectivity index (χ1n) is 7.84. The fourth-order valence-corrected chi connectivity index (χ4v) is 2.47. The zero-order chi connectivity index (χ0) is 16.9. The van der Waals surface area contributed by atoms with Crippen LogP contribution in [0.25, 0.3) is 0 Å². The van der Waals surface area contributed by atoms with Crippen LogP contribution < -0.4 is 5.32 Å². The first kappa shape index (κ1) is 15.9. The number of benzene rings is 1. The number of carbonyl (C=O) groups excluding carboxylic acids is 1. The molecule has 0 unspecified atom stereocenters. The number of aromatic amines is 1. The summed E-state index contributed by atoms with van der Waals surface area (Å²) in [5.41, 5.74) is 2.02. The SMILES string of the molecule is Cc1cnn(CCC(=O)N[C@@H](c2ccccc2)c2n[nH]c(C)n2)c1. The molecule has 2 N–H and O–H groups in total. The van der Waals surface area contributed by atoms with E-state index in [0.717, 1.165) is 11.1 Å². The fraction of sp³-hybridized carbons (Fsp3) is 0.294. The lowest BCUT2D eigenvalue weighted by atomic mass is 10.1. The number of aryl methyl sites for hydroxylation is 3. The molecule has 1 amide bonds. The first-order valence-corrected chi connectivity index (χ1v) is 7.84. The van der Waals surface area contributed by atoms with Crippen LogP contribution in [0.2, 0.25) is 0 Å². The third kappa shape index (κ3) is 3.87. The molecule has 1 aromatic carbocycles. The topological polar surface area (TPSA) is 88.5 Å². The van der Waals surface area contributed by atoms with Gasteiger partial charge in [0, 0.05) is 19.2 Å². The van der Waals surface area contributed by atoms with Gasteiger partial charge in [0.2, 0.25) is 5.91 Å². The number of carbonyl (C=O) groups is 1. The quantitative estimate of drug-likeness (QED) is 0.725. The number of aromatic nitrogens is 5. The van der Waals surface area contributed by atoms with Crippen molar-refractivity contribution in [1.29, 1.82) is 0 Å². The average molecular weight is 324 g/mol. The molecule has 1 atom stereocenters. The average Bonchev–Trinajstić information content (AvgIpc) is 3.20. The van der Waals surface area contributed by atoms with Crippen LogP contribution in [0.15, 0.2) is 42.7 Å². The van der Waals surface area contributed by atoms with Crippen LogP contribution in [-0.2, 0) is 11.3 Å². The molecule has 7 nitrogen and oxygen atoms in total. The summed E-state index contributed by atoms with van der Waals surface area (Å²) in [6.07, 6.45) is 4.04. The van der Waals surface area contributed by atoms with Gasteiger partial charge in [0.1, 0.15) is 11.9 Å². The van der Waals surface area contributed by atoms with Gasteiger partial charge < -0.3 is 5.32 Å². The minimum Gasteiger partial charge on any atom is -0.342 e. The third-order valence-corrected chi connectivity index (χ3v) is 3.64. The molecule has 0 radical (unpaired) electrons. The second-order valence-corrected chi connectivity index (χ2v) is 5.72. The van der Waals surface area contributed by atoms with E-state index in [-0.39, 0.29) is 11.9 Å². The summed E-state index contributed by atoms with van der Waals surface area (Å²) >= 11 is 0. The number of nitrogens with one attached hydrogen (secondary N) is 2. The Bertz CT molecular complexity index is 807. The number of hydrogen-bond acceptors (Lipinski definition) is 4. The van der Waals surface area contributed by atoms with Gasteiger partial charge in [-0.25, -0.2) is 4.98 Å². The van der Waals surface area contributed by atoms with Crippen molar-refractivity contribution in [2.24, 2.45) is 0 Å². The van der Waals surface area contributed by atoms with Crippen LogP contribution in [0.3, 0.4) is 0 Å². The molecular formula is C17H20N6O. The molecule has 0 aliphatic heterocycles. The Labute approximate surface area is 140 Å². The first-order chi connectivity index (χ1) is 11.6. The van der Waals surface area contributed by atoms with Crippen LogP contribution in [-0.4, -0.2) is 30.9 Å². The van der Waals surface area contributed by atoms with Gasteiger partial charge in [-0.2, -0.15) is 10.2 Å². The highest BCUT2D eigenvalue weighted by Gasteiger charge is 2.20. The van der Waals surface area contributed by atoms with Gasteiger partial charge >= 0.3 is 0 Å². The van der Waals surface area contributed by atoms with E-state index in [1.807, 2.05) is 50.4 Å². The molecular weight excluding hydrogens is 304 g/mol. The van der Waals surface area contributed by atoms with Gasteiger partial charge in [0.25, 0.3) is 0 Å². The molecule has 3 rings (SSSR count). The highest BCUT2D eigenvalue weighted by Crippen LogP contribution is 2.18. The summed E-state index contributed by atoms with van der Waals surface area (Å²) in [4.78, 5) is 16.7. The van der Waals surface area contributed by atoms with Crippen molar-refractivity contribution in [2.75, 3.05) is 0 Å². The maximum Gasteiger partial charge on any atom is 0.222 e. The van der Waals surface area contributed by atoms with Crippen molar-refractivity contribution < 1.29 is 4.79 Å². The summed E-state index contributed by atoms with van der Waals surface area (Å²) in [5, 5.41) is 14.2. The zero-order valence-electron chi connectivity index (χ0n) is 13.7. The van der Waals surface area contributed by atoms with Crippen molar-refractivity contribution in [3.8, 4) is 0 Å². The molecule has 2 aromatic heterocycles. The molecule has 0 spiro atoms. The molecule has 24 heavy (non-hydrogen) atoms. The number of hydrogen-bond donors (Lipinski definition) is 2. The molecule has 2 heterocycles. The van der Waals surface area contributed by atoms with Crippen molar-refractivity contribution in [3.05, 3.63) is 65.5 Å². The van der Waals surface area contributed by atoms with E-state index in [0.29, 0.717) is 24.6 Å². The van der Waals surface area contributed by atoms with Crippen LogP contribution in [0.4, 0.5) is 0 Å². The Morgan fingerprint density at radius 2 is 2.08 bits per heavy atom. The smallest absolute Gasteiger partial charge is 0.222 e. The monoisotopic (exact) mass is 324 g/mol. The third-order valence-electron chi connectivity index (χ3n) is 3.64. The molecule has 0 bridgehead atoms. The van der Waals surface area contributed by atoms with Crippen LogP contribution in [0.1, 0.15) is 35.2 Å². The number of amides is 1. The zero-order valence-corrected chi connectivity index (χ0v) is 13.7. The normalized spacial score (nSPS) is 12.1. The molecule has 124 valence electrons. The van der Waals surface area contributed by atoms with Crippen LogP contribution >= 0.6 is 0 Å². The number of H-pyrrole nitrogens is 1. The van der Waals surface area contributed by atoms with E-state index in [2.05, 4.69) is 25.6 Å². The van der Waals surface area contributed by atoms with E-state index >= 15 is 0 Å². The van der Waals surface area contributed by atoms with Crippen molar-refractivity contribution in [3.63, 3.8) is 0 Å². The Balaban J connectivity index is 1.70. The van der Waals surface area contributed by atoms with E-state index in [1.165, 1.54) is 0 Å². The van der Waals surface area contributed by atoms with Crippen LogP contribution in [0.5, 0.6) is 0 Å². The predicted molar refractivity (Wildman–Crippen MR) is 89.1 cm³/mol. The highest BCUT2D eigenvalue weighted by atomic mass is 16.1. The molecule has 0 fully saturated rings. The van der Waals surface area contributed by atoms with E-state index < -0.39 is 0 Å². The van der Waals surface area contributed by atoms with Gasteiger partial charge in [-0.3, -0.25) is 14.6 Å². The minimum atomic E-state index is -0.372. The van der Waals surface area contributed by atoms with Crippen molar-refractivity contribution in [2.45, 2.75) is 32.9 Å². The van der Waals surface area contributed by atoms with Gasteiger partial charge in [0.05, 0.1) is 6.20 Å². The summed E-state index contributed by atoms with van der Waals surface area (Å²) in [6, 6.07) is 9.33. The summed E-state index contributed by atoms with van der Waals surface area (Å²) < 4.78 is 1.77. The number of rotatable bonds is 6. The van der Waals surface area contributed by atoms with Crippen LogP contribution in [0, 0.1) is 13.8 Å². The second-order valence-electron chi connectivity index (χ2n) is 5.72. The van der Waals surface area contributed by atoms with Gasteiger partial charge in [-0.15, -0.1) is 0 Å². The summed E-state index contributed by atoms with van der Waals surface area (Å²) in [6.45, 7) is 4.34.